The van der Waals surface area contributed by atoms with E-state index in [1.807, 2.05) is 11.0 Å². The molecule has 0 radical (unpaired) electrons. The Bertz CT molecular complexity index is 818. The highest BCUT2D eigenvalue weighted by atomic mass is 16.6. The van der Waals surface area contributed by atoms with Gasteiger partial charge in [0.25, 0.3) is 5.69 Å². The number of hydrogen-bond donors (Lipinski definition) is 1. The van der Waals surface area contributed by atoms with Crippen LogP contribution in [0.1, 0.15) is 6.42 Å². The van der Waals surface area contributed by atoms with Gasteiger partial charge in [0.05, 0.1) is 18.0 Å². The Kier molecular flexibility index (Phi) is 5.75. The third-order valence-electron chi connectivity index (χ3n) is 4.44. The largest absolute Gasteiger partial charge is 0.508 e. The normalized spacial score (nSPS) is 14.1. The van der Waals surface area contributed by atoms with Crippen molar-refractivity contribution in [3.05, 3.63) is 58.6 Å². The second-order valence-corrected chi connectivity index (χ2v) is 6.24. The van der Waals surface area contributed by atoms with Crippen molar-refractivity contribution in [2.24, 2.45) is 0 Å². The van der Waals surface area contributed by atoms with Gasteiger partial charge in [0.1, 0.15) is 11.5 Å². The Morgan fingerprint density at radius 3 is 2.56 bits per heavy atom. The lowest BCUT2D eigenvalue weighted by Crippen LogP contribution is -2.49. The van der Waals surface area contributed by atoms with Gasteiger partial charge in [0.15, 0.2) is 0 Å². The van der Waals surface area contributed by atoms with Crippen molar-refractivity contribution in [1.82, 2.24) is 4.90 Å². The first-order valence-corrected chi connectivity index (χ1v) is 8.72. The number of phenolic OH excluding ortho intramolecular Hbond substituents is 1. The predicted octanol–water partition coefficient (Wildman–Crippen LogP) is 2.42. The van der Waals surface area contributed by atoms with Crippen LogP contribution in [0.4, 0.5) is 11.4 Å². The molecule has 1 saturated heterocycles. The maximum atomic E-state index is 12.3. The van der Waals surface area contributed by atoms with Crippen LogP contribution in [0.5, 0.6) is 11.5 Å². The summed E-state index contributed by atoms with van der Waals surface area (Å²) in [4.78, 5) is 26.7. The summed E-state index contributed by atoms with van der Waals surface area (Å²) in [6.07, 6.45) is 0.256. The van der Waals surface area contributed by atoms with E-state index in [1.54, 1.807) is 35.2 Å². The number of phenols is 1. The zero-order valence-electron chi connectivity index (χ0n) is 14.8. The van der Waals surface area contributed by atoms with Crippen molar-refractivity contribution < 1.29 is 19.6 Å². The summed E-state index contributed by atoms with van der Waals surface area (Å²) in [5.74, 6) is 0.656. The molecular weight excluding hydrogens is 350 g/mol. The molecule has 0 aromatic heterocycles. The lowest BCUT2D eigenvalue weighted by atomic mass is 10.2. The molecule has 0 saturated carbocycles. The number of rotatable bonds is 6. The molecule has 8 heteroatoms. The Balaban J connectivity index is 1.46. The van der Waals surface area contributed by atoms with E-state index in [1.165, 1.54) is 12.1 Å². The smallest absolute Gasteiger partial charge is 0.271 e. The molecule has 1 aliphatic heterocycles. The van der Waals surface area contributed by atoms with Crippen LogP contribution in [0.25, 0.3) is 0 Å². The third kappa shape index (κ3) is 4.87. The van der Waals surface area contributed by atoms with Crippen molar-refractivity contribution in [3.63, 3.8) is 0 Å². The molecule has 1 heterocycles. The van der Waals surface area contributed by atoms with Crippen LogP contribution in [0, 0.1) is 10.1 Å². The highest BCUT2D eigenvalue weighted by Gasteiger charge is 2.22. The zero-order chi connectivity index (χ0) is 19.2. The monoisotopic (exact) mass is 371 g/mol. The van der Waals surface area contributed by atoms with Gasteiger partial charge in [0.2, 0.25) is 5.91 Å². The summed E-state index contributed by atoms with van der Waals surface area (Å²) < 4.78 is 5.49. The summed E-state index contributed by atoms with van der Waals surface area (Å²) in [6.45, 7) is 2.62. The number of ether oxygens (including phenoxy) is 1. The number of piperazine rings is 1. The van der Waals surface area contributed by atoms with E-state index >= 15 is 0 Å². The molecule has 8 nitrogen and oxygen atoms in total. The van der Waals surface area contributed by atoms with Gasteiger partial charge in [0, 0.05) is 50.1 Å². The van der Waals surface area contributed by atoms with Gasteiger partial charge in [-0.2, -0.15) is 0 Å². The first kappa shape index (κ1) is 18.5. The third-order valence-corrected chi connectivity index (χ3v) is 4.44. The van der Waals surface area contributed by atoms with Gasteiger partial charge >= 0.3 is 0 Å². The molecule has 1 aliphatic rings. The second-order valence-electron chi connectivity index (χ2n) is 6.24. The number of carbonyl (C=O) groups is 1. The van der Waals surface area contributed by atoms with Gasteiger partial charge in [-0.25, -0.2) is 0 Å². The topological polar surface area (TPSA) is 96.2 Å². The maximum Gasteiger partial charge on any atom is 0.271 e. The number of aromatic hydroxyl groups is 1. The number of nitro benzene ring substituents is 1. The summed E-state index contributed by atoms with van der Waals surface area (Å²) in [5, 5.41) is 20.3. The van der Waals surface area contributed by atoms with E-state index in [4.69, 9.17) is 4.74 Å². The first-order chi connectivity index (χ1) is 13.0. The SMILES string of the molecule is O=C(CCOc1cccc(O)c1)N1CCN(c2cccc([N+](=O)[O-])c2)CC1. The van der Waals surface area contributed by atoms with E-state index < -0.39 is 4.92 Å². The van der Waals surface area contributed by atoms with Gasteiger partial charge < -0.3 is 19.6 Å². The molecule has 0 bridgehead atoms. The van der Waals surface area contributed by atoms with E-state index in [9.17, 15) is 20.0 Å². The van der Waals surface area contributed by atoms with Gasteiger partial charge in [-0.1, -0.05) is 12.1 Å². The fraction of sp³-hybridized carbons (Fsp3) is 0.316. The van der Waals surface area contributed by atoms with Crippen LogP contribution < -0.4 is 9.64 Å². The zero-order valence-corrected chi connectivity index (χ0v) is 14.8. The molecule has 3 rings (SSSR count). The Morgan fingerprint density at radius 2 is 1.85 bits per heavy atom. The summed E-state index contributed by atoms with van der Waals surface area (Å²) in [6, 6.07) is 13.0. The number of hydrogen-bond acceptors (Lipinski definition) is 6. The maximum absolute atomic E-state index is 12.3. The number of benzene rings is 2. The van der Waals surface area contributed by atoms with Crippen LogP contribution in [-0.2, 0) is 4.79 Å². The average molecular weight is 371 g/mol. The summed E-state index contributed by atoms with van der Waals surface area (Å²) in [5.41, 5.74) is 0.860. The van der Waals surface area contributed by atoms with Crippen molar-refractivity contribution in [3.8, 4) is 11.5 Å². The van der Waals surface area contributed by atoms with Crippen LogP contribution >= 0.6 is 0 Å². The Hall–Kier alpha value is -3.29. The summed E-state index contributed by atoms with van der Waals surface area (Å²) in [7, 11) is 0. The lowest BCUT2D eigenvalue weighted by Gasteiger charge is -2.36. The molecule has 27 heavy (non-hydrogen) atoms. The molecule has 1 fully saturated rings. The minimum absolute atomic E-state index is 0.00819. The highest BCUT2D eigenvalue weighted by Crippen LogP contribution is 2.22. The molecule has 0 atom stereocenters. The molecule has 0 aliphatic carbocycles. The second kappa shape index (κ2) is 8.39. The lowest BCUT2D eigenvalue weighted by molar-refractivity contribution is -0.384. The predicted molar refractivity (Wildman–Crippen MR) is 100 cm³/mol. The molecule has 0 unspecified atom stereocenters. The van der Waals surface area contributed by atoms with Crippen LogP contribution in [-0.4, -0.2) is 53.6 Å². The minimum Gasteiger partial charge on any atom is -0.508 e. The molecule has 1 amide bonds. The van der Waals surface area contributed by atoms with E-state index in [0.717, 1.165) is 5.69 Å². The van der Waals surface area contributed by atoms with Gasteiger partial charge in [-0.3, -0.25) is 14.9 Å². The molecule has 2 aromatic carbocycles. The Morgan fingerprint density at radius 1 is 1.11 bits per heavy atom. The summed E-state index contributed by atoms with van der Waals surface area (Å²) >= 11 is 0. The molecule has 1 N–H and O–H groups in total. The van der Waals surface area contributed by atoms with E-state index in [0.29, 0.717) is 31.9 Å². The number of nitro groups is 1. The minimum atomic E-state index is -0.407. The van der Waals surface area contributed by atoms with Crippen molar-refractivity contribution >= 4 is 17.3 Å². The standard InChI is InChI=1S/C19H21N3O5/c23-17-5-2-6-18(14-17)27-12-7-19(24)21-10-8-20(9-11-21)15-3-1-4-16(13-15)22(25)26/h1-6,13-14,23H,7-12H2. The number of amides is 1. The number of carbonyl (C=O) groups excluding carboxylic acids is 1. The fourth-order valence-electron chi connectivity index (χ4n) is 3.00. The van der Waals surface area contributed by atoms with E-state index in [-0.39, 0.29) is 30.4 Å². The molecule has 2 aromatic rings. The van der Waals surface area contributed by atoms with Crippen LogP contribution in [0.3, 0.4) is 0 Å². The van der Waals surface area contributed by atoms with Crippen molar-refractivity contribution in [2.75, 3.05) is 37.7 Å². The molecule has 0 spiro atoms. The quantitative estimate of drug-likeness (QED) is 0.619. The molecular formula is C19H21N3O5. The van der Waals surface area contributed by atoms with Crippen LogP contribution in [0.15, 0.2) is 48.5 Å². The van der Waals surface area contributed by atoms with Crippen molar-refractivity contribution in [2.45, 2.75) is 6.42 Å². The first-order valence-electron chi connectivity index (χ1n) is 8.72. The van der Waals surface area contributed by atoms with Gasteiger partial charge in [-0.05, 0) is 18.2 Å². The number of anilines is 1. The van der Waals surface area contributed by atoms with Gasteiger partial charge in [-0.15, -0.1) is 0 Å². The van der Waals surface area contributed by atoms with Crippen molar-refractivity contribution in [1.29, 1.82) is 0 Å². The molecule has 142 valence electrons. The highest BCUT2D eigenvalue weighted by molar-refractivity contribution is 5.76. The average Bonchev–Trinajstić information content (AvgIpc) is 2.68. The van der Waals surface area contributed by atoms with E-state index in [2.05, 4.69) is 0 Å². The fourth-order valence-corrected chi connectivity index (χ4v) is 3.00. The van der Waals surface area contributed by atoms with Crippen LogP contribution in [0.2, 0.25) is 0 Å². The number of nitrogens with zero attached hydrogens (tertiary/aromatic N) is 3. The Labute approximate surface area is 156 Å². The number of non-ortho nitro benzene ring substituents is 1.